The van der Waals surface area contributed by atoms with Gasteiger partial charge in [-0.1, -0.05) is 12.2 Å². The number of carboxylic acids is 1. The van der Waals surface area contributed by atoms with Gasteiger partial charge in [0.15, 0.2) is 0 Å². The molecule has 0 fully saturated rings. The van der Waals surface area contributed by atoms with Gasteiger partial charge in [-0.25, -0.2) is 0 Å². The molecule has 0 saturated heterocycles. The maximum absolute atomic E-state index is 10.0. The SMILES string of the molecule is O=C(O)CCCC/C=C/CCl. The Bertz CT molecular complexity index is 132. The van der Waals surface area contributed by atoms with Crippen LogP contribution >= 0.6 is 11.6 Å². The van der Waals surface area contributed by atoms with Crippen LogP contribution in [0.5, 0.6) is 0 Å². The summed E-state index contributed by atoms with van der Waals surface area (Å²) in [7, 11) is 0. The zero-order valence-corrected chi connectivity index (χ0v) is 7.18. The first-order valence-corrected chi connectivity index (χ1v) is 4.23. The average molecular weight is 177 g/mol. The van der Waals surface area contributed by atoms with Gasteiger partial charge < -0.3 is 5.11 Å². The third-order valence-corrected chi connectivity index (χ3v) is 1.45. The molecule has 0 aromatic heterocycles. The highest BCUT2D eigenvalue weighted by atomic mass is 35.5. The fourth-order valence-electron chi connectivity index (χ4n) is 0.719. The number of unbranched alkanes of at least 4 members (excludes halogenated alkanes) is 2. The molecule has 1 N–H and O–H groups in total. The van der Waals surface area contributed by atoms with Gasteiger partial charge in [0.2, 0.25) is 0 Å². The molecule has 3 heteroatoms. The van der Waals surface area contributed by atoms with Crippen LogP contribution in [0.25, 0.3) is 0 Å². The minimum atomic E-state index is -0.716. The molecule has 0 radical (unpaired) electrons. The van der Waals surface area contributed by atoms with Gasteiger partial charge in [0, 0.05) is 12.3 Å². The number of carbonyl (C=O) groups is 1. The van der Waals surface area contributed by atoms with Crippen LogP contribution in [-0.2, 0) is 4.79 Å². The lowest BCUT2D eigenvalue weighted by molar-refractivity contribution is -0.137. The summed E-state index contributed by atoms with van der Waals surface area (Å²) in [4.78, 5) is 10.0. The molecule has 11 heavy (non-hydrogen) atoms. The fourth-order valence-corrected chi connectivity index (χ4v) is 0.845. The molecule has 2 nitrogen and oxygen atoms in total. The smallest absolute Gasteiger partial charge is 0.303 e. The van der Waals surface area contributed by atoms with Crippen molar-refractivity contribution in [1.29, 1.82) is 0 Å². The monoisotopic (exact) mass is 176 g/mol. The molecular formula is C8H13ClO2. The second-order valence-corrected chi connectivity index (χ2v) is 2.57. The Morgan fingerprint density at radius 1 is 1.36 bits per heavy atom. The number of hydrogen-bond donors (Lipinski definition) is 1. The number of halogens is 1. The predicted molar refractivity (Wildman–Crippen MR) is 46.0 cm³/mol. The Kier molecular flexibility index (Phi) is 7.26. The molecule has 0 aromatic rings. The molecule has 0 aliphatic heterocycles. The maximum atomic E-state index is 10.0. The summed E-state index contributed by atoms with van der Waals surface area (Å²) in [5.41, 5.74) is 0. The standard InChI is InChI=1S/C8H13ClO2/c9-7-5-3-1-2-4-6-8(10)11/h3,5H,1-2,4,6-7H2,(H,10,11)/b5-3+. The summed E-state index contributed by atoms with van der Waals surface area (Å²) < 4.78 is 0. The van der Waals surface area contributed by atoms with Crippen LogP contribution in [0.1, 0.15) is 25.7 Å². The summed E-state index contributed by atoms with van der Waals surface area (Å²) in [6, 6.07) is 0. The number of allylic oxidation sites excluding steroid dienone is 2. The quantitative estimate of drug-likeness (QED) is 0.384. The van der Waals surface area contributed by atoms with E-state index in [2.05, 4.69) is 0 Å². The van der Waals surface area contributed by atoms with Crippen LogP contribution in [0, 0.1) is 0 Å². The second kappa shape index (κ2) is 7.61. The Morgan fingerprint density at radius 3 is 2.64 bits per heavy atom. The molecule has 0 spiro atoms. The second-order valence-electron chi connectivity index (χ2n) is 2.27. The minimum absolute atomic E-state index is 0.273. The Hall–Kier alpha value is -0.500. The summed E-state index contributed by atoms with van der Waals surface area (Å²) in [5, 5.41) is 8.28. The normalized spacial score (nSPS) is 10.6. The number of rotatable bonds is 6. The topological polar surface area (TPSA) is 37.3 Å². The molecule has 0 aliphatic carbocycles. The van der Waals surface area contributed by atoms with Gasteiger partial charge in [-0.05, 0) is 19.3 Å². The molecular weight excluding hydrogens is 164 g/mol. The Morgan fingerprint density at radius 2 is 2.09 bits per heavy atom. The van der Waals surface area contributed by atoms with Crippen molar-refractivity contribution in [2.45, 2.75) is 25.7 Å². The van der Waals surface area contributed by atoms with Crippen LogP contribution in [0.4, 0.5) is 0 Å². The van der Waals surface area contributed by atoms with E-state index in [0.717, 1.165) is 19.3 Å². The molecule has 0 aliphatic rings. The van der Waals surface area contributed by atoms with Crippen molar-refractivity contribution in [2.75, 3.05) is 5.88 Å². The van der Waals surface area contributed by atoms with Gasteiger partial charge in [0.05, 0.1) is 0 Å². The van der Waals surface area contributed by atoms with Crippen LogP contribution in [0.15, 0.2) is 12.2 Å². The van der Waals surface area contributed by atoms with E-state index >= 15 is 0 Å². The lowest BCUT2D eigenvalue weighted by atomic mass is 10.2. The number of aliphatic carboxylic acids is 1. The number of alkyl halides is 1. The fraction of sp³-hybridized carbons (Fsp3) is 0.625. The molecule has 0 heterocycles. The zero-order chi connectivity index (χ0) is 8.53. The first-order valence-electron chi connectivity index (χ1n) is 3.70. The van der Waals surface area contributed by atoms with Crippen molar-refractivity contribution >= 4 is 17.6 Å². The molecule has 0 aromatic carbocycles. The summed E-state index contributed by atoms with van der Waals surface area (Å²) in [5.74, 6) is -0.176. The van der Waals surface area contributed by atoms with E-state index in [-0.39, 0.29) is 6.42 Å². The van der Waals surface area contributed by atoms with Crippen molar-refractivity contribution in [3.63, 3.8) is 0 Å². The van der Waals surface area contributed by atoms with Crippen LogP contribution < -0.4 is 0 Å². The molecule has 0 rings (SSSR count). The van der Waals surface area contributed by atoms with E-state index in [4.69, 9.17) is 16.7 Å². The Labute approximate surface area is 71.9 Å². The van der Waals surface area contributed by atoms with Crippen LogP contribution in [0.2, 0.25) is 0 Å². The number of carboxylic acid groups (broad SMARTS) is 1. The molecule has 0 saturated carbocycles. The third-order valence-electron chi connectivity index (χ3n) is 1.27. The van der Waals surface area contributed by atoms with E-state index < -0.39 is 5.97 Å². The lowest BCUT2D eigenvalue weighted by Crippen LogP contribution is -1.92. The third kappa shape index (κ3) is 9.50. The largest absolute Gasteiger partial charge is 0.481 e. The maximum Gasteiger partial charge on any atom is 0.303 e. The highest BCUT2D eigenvalue weighted by Crippen LogP contribution is 2.00. The van der Waals surface area contributed by atoms with E-state index in [9.17, 15) is 4.79 Å². The van der Waals surface area contributed by atoms with Crippen molar-refractivity contribution < 1.29 is 9.90 Å². The first kappa shape index (κ1) is 10.5. The van der Waals surface area contributed by atoms with Crippen molar-refractivity contribution in [2.24, 2.45) is 0 Å². The van der Waals surface area contributed by atoms with Crippen molar-refractivity contribution in [3.05, 3.63) is 12.2 Å². The molecule has 0 bridgehead atoms. The van der Waals surface area contributed by atoms with Gasteiger partial charge in [0.1, 0.15) is 0 Å². The minimum Gasteiger partial charge on any atom is -0.481 e. The van der Waals surface area contributed by atoms with Gasteiger partial charge in [-0.3, -0.25) is 4.79 Å². The lowest BCUT2D eigenvalue weighted by Gasteiger charge is -1.91. The summed E-state index contributed by atoms with van der Waals surface area (Å²) in [6.07, 6.45) is 6.74. The number of hydrogen-bond acceptors (Lipinski definition) is 1. The summed E-state index contributed by atoms with van der Waals surface area (Å²) >= 11 is 5.38. The van der Waals surface area contributed by atoms with Crippen LogP contribution in [-0.4, -0.2) is 17.0 Å². The van der Waals surface area contributed by atoms with E-state index in [1.165, 1.54) is 0 Å². The highest BCUT2D eigenvalue weighted by molar-refractivity contribution is 6.18. The molecule has 0 unspecified atom stereocenters. The van der Waals surface area contributed by atoms with E-state index in [0.29, 0.717) is 5.88 Å². The van der Waals surface area contributed by atoms with Gasteiger partial charge >= 0.3 is 5.97 Å². The summed E-state index contributed by atoms with van der Waals surface area (Å²) in [6.45, 7) is 0. The van der Waals surface area contributed by atoms with Crippen molar-refractivity contribution in [3.8, 4) is 0 Å². The Balaban J connectivity index is 3.02. The molecule has 64 valence electrons. The van der Waals surface area contributed by atoms with Gasteiger partial charge in [0.25, 0.3) is 0 Å². The van der Waals surface area contributed by atoms with Crippen LogP contribution in [0.3, 0.4) is 0 Å². The van der Waals surface area contributed by atoms with E-state index in [1.54, 1.807) is 0 Å². The first-order chi connectivity index (χ1) is 5.27. The van der Waals surface area contributed by atoms with Gasteiger partial charge in [-0.15, -0.1) is 11.6 Å². The van der Waals surface area contributed by atoms with E-state index in [1.807, 2.05) is 12.2 Å². The average Bonchev–Trinajstić information content (AvgIpc) is 1.96. The molecule has 0 atom stereocenters. The molecule has 0 amide bonds. The highest BCUT2D eigenvalue weighted by Gasteiger charge is 1.93. The predicted octanol–water partition coefficient (Wildman–Crippen LogP) is 2.43. The zero-order valence-electron chi connectivity index (χ0n) is 6.42. The van der Waals surface area contributed by atoms with Crippen molar-refractivity contribution in [1.82, 2.24) is 0 Å². The van der Waals surface area contributed by atoms with Gasteiger partial charge in [-0.2, -0.15) is 0 Å².